The van der Waals surface area contributed by atoms with E-state index >= 15 is 0 Å². The maximum atomic E-state index is 11.8. The lowest BCUT2D eigenvalue weighted by molar-refractivity contribution is 0.0746. The topological polar surface area (TPSA) is 64.3 Å². The van der Waals surface area contributed by atoms with Crippen LogP contribution in [0.5, 0.6) is 0 Å². The molecule has 0 bridgehead atoms. The molecule has 3 N–H and O–H groups in total. The number of amides is 1. The van der Waals surface area contributed by atoms with E-state index in [1.54, 1.807) is 12.1 Å². The Morgan fingerprint density at radius 3 is 2.88 bits per heavy atom. The standard InChI is InChI=1S/C13H20N2O2/c1-10(2)17-7-6-15-13(16)12-5-3-4-11(8-12)9-14/h3-5,8,10H,6-7,9,14H2,1-2H3,(H,15,16). The summed E-state index contributed by atoms with van der Waals surface area (Å²) in [6, 6.07) is 7.32. The van der Waals surface area contributed by atoms with Gasteiger partial charge in [-0.15, -0.1) is 0 Å². The van der Waals surface area contributed by atoms with E-state index in [-0.39, 0.29) is 12.0 Å². The van der Waals surface area contributed by atoms with Crippen LogP contribution in [0.2, 0.25) is 0 Å². The molecule has 0 fully saturated rings. The molecule has 1 amide bonds. The molecular formula is C13H20N2O2. The summed E-state index contributed by atoms with van der Waals surface area (Å²) >= 11 is 0. The first kappa shape index (κ1) is 13.7. The number of hydrogen-bond donors (Lipinski definition) is 2. The number of rotatable bonds is 6. The second kappa shape index (κ2) is 7.04. The molecule has 1 aromatic carbocycles. The molecule has 0 saturated heterocycles. The third-order valence-corrected chi connectivity index (χ3v) is 2.26. The molecule has 94 valence electrons. The minimum absolute atomic E-state index is 0.0901. The van der Waals surface area contributed by atoms with Crippen LogP contribution in [0.15, 0.2) is 24.3 Å². The fourth-order valence-corrected chi connectivity index (χ4v) is 1.40. The van der Waals surface area contributed by atoms with E-state index in [0.29, 0.717) is 25.3 Å². The summed E-state index contributed by atoms with van der Waals surface area (Å²) in [4.78, 5) is 11.8. The number of benzene rings is 1. The van der Waals surface area contributed by atoms with Crippen LogP contribution in [0.4, 0.5) is 0 Å². The van der Waals surface area contributed by atoms with Gasteiger partial charge in [-0.05, 0) is 31.5 Å². The Morgan fingerprint density at radius 2 is 2.24 bits per heavy atom. The van der Waals surface area contributed by atoms with Crippen molar-refractivity contribution in [2.75, 3.05) is 13.2 Å². The zero-order valence-electron chi connectivity index (χ0n) is 10.4. The van der Waals surface area contributed by atoms with Crippen LogP contribution < -0.4 is 11.1 Å². The Balaban J connectivity index is 2.41. The molecule has 0 aliphatic carbocycles. The van der Waals surface area contributed by atoms with Crippen molar-refractivity contribution in [1.29, 1.82) is 0 Å². The zero-order valence-corrected chi connectivity index (χ0v) is 10.4. The SMILES string of the molecule is CC(C)OCCNC(=O)c1cccc(CN)c1. The summed E-state index contributed by atoms with van der Waals surface area (Å²) in [5, 5.41) is 2.80. The first-order valence-electron chi connectivity index (χ1n) is 5.82. The summed E-state index contributed by atoms with van der Waals surface area (Å²) in [6.07, 6.45) is 0.187. The van der Waals surface area contributed by atoms with Gasteiger partial charge in [0.1, 0.15) is 0 Å². The van der Waals surface area contributed by atoms with Crippen molar-refractivity contribution < 1.29 is 9.53 Å². The molecule has 0 unspecified atom stereocenters. The van der Waals surface area contributed by atoms with Crippen LogP contribution in [-0.4, -0.2) is 25.2 Å². The Morgan fingerprint density at radius 1 is 1.47 bits per heavy atom. The van der Waals surface area contributed by atoms with E-state index in [2.05, 4.69) is 5.32 Å². The Kier molecular flexibility index (Phi) is 5.66. The smallest absolute Gasteiger partial charge is 0.251 e. The second-order valence-corrected chi connectivity index (χ2v) is 4.08. The number of nitrogens with two attached hydrogens (primary N) is 1. The highest BCUT2D eigenvalue weighted by atomic mass is 16.5. The molecule has 0 atom stereocenters. The van der Waals surface area contributed by atoms with E-state index in [1.807, 2.05) is 26.0 Å². The highest BCUT2D eigenvalue weighted by Crippen LogP contribution is 2.04. The lowest BCUT2D eigenvalue weighted by Crippen LogP contribution is -2.28. The van der Waals surface area contributed by atoms with Crippen LogP contribution in [0.3, 0.4) is 0 Å². The average Bonchev–Trinajstić information content (AvgIpc) is 2.34. The van der Waals surface area contributed by atoms with E-state index < -0.39 is 0 Å². The van der Waals surface area contributed by atoms with Gasteiger partial charge in [-0.25, -0.2) is 0 Å². The molecule has 0 heterocycles. The third-order valence-electron chi connectivity index (χ3n) is 2.26. The van der Waals surface area contributed by atoms with E-state index in [0.717, 1.165) is 5.56 Å². The van der Waals surface area contributed by atoms with Gasteiger partial charge in [0.05, 0.1) is 12.7 Å². The molecule has 1 rings (SSSR count). The minimum Gasteiger partial charge on any atom is -0.377 e. The Hall–Kier alpha value is -1.39. The van der Waals surface area contributed by atoms with Gasteiger partial charge in [0.2, 0.25) is 0 Å². The van der Waals surface area contributed by atoms with Gasteiger partial charge in [0, 0.05) is 18.7 Å². The summed E-state index contributed by atoms with van der Waals surface area (Å²) in [6.45, 7) is 5.42. The van der Waals surface area contributed by atoms with E-state index in [9.17, 15) is 4.79 Å². The number of hydrogen-bond acceptors (Lipinski definition) is 3. The van der Waals surface area contributed by atoms with Crippen LogP contribution >= 0.6 is 0 Å². The van der Waals surface area contributed by atoms with Gasteiger partial charge in [-0.3, -0.25) is 4.79 Å². The average molecular weight is 236 g/mol. The van der Waals surface area contributed by atoms with Crippen LogP contribution in [0.25, 0.3) is 0 Å². The summed E-state index contributed by atoms with van der Waals surface area (Å²) < 4.78 is 5.34. The molecule has 1 aromatic rings. The van der Waals surface area contributed by atoms with Crippen LogP contribution in [0, 0.1) is 0 Å². The minimum atomic E-state index is -0.0901. The molecule has 0 spiro atoms. The second-order valence-electron chi connectivity index (χ2n) is 4.08. The molecule has 0 saturated carbocycles. The zero-order chi connectivity index (χ0) is 12.7. The summed E-state index contributed by atoms with van der Waals surface area (Å²) in [5.41, 5.74) is 7.11. The van der Waals surface area contributed by atoms with Crippen LogP contribution in [0.1, 0.15) is 29.8 Å². The number of nitrogens with one attached hydrogen (secondary N) is 1. The molecule has 0 radical (unpaired) electrons. The van der Waals surface area contributed by atoms with Crippen molar-refractivity contribution >= 4 is 5.91 Å². The van der Waals surface area contributed by atoms with Gasteiger partial charge in [0.25, 0.3) is 5.91 Å². The van der Waals surface area contributed by atoms with Gasteiger partial charge in [-0.1, -0.05) is 12.1 Å². The monoisotopic (exact) mass is 236 g/mol. The molecule has 0 aliphatic heterocycles. The van der Waals surface area contributed by atoms with Crippen molar-refractivity contribution in [1.82, 2.24) is 5.32 Å². The molecular weight excluding hydrogens is 216 g/mol. The quantitative estimate of drug-likeness (QED) is 0.732. The van der Waals surface area contributed by atoms with Crippen LogP contribution in [-0.2, 0) is 11.3 Å². The molecule has 4 heteroatoms. The molecule has 0 aliphatic rings. The van der Waals surface area contributed by atoms with Crippen molar-refractivity contribution in [2.45, 2.75) is 26.5 Å². The van der Waals surface area contributed by atoms with Gasteiger partial charge in [0.15, 0.2) is 0 Å². The number of ether oxygens (including phenoxy) is 1. The van der Waals surface area contributed by atoms with Crippen molar-refractivity contribution in [3.05, 3.63) is 35.4 Å². The van der Waals surface area contributed by atoms with E-state index in [4.69, 9.17) is 10.5 Å². The lowest BCUT2D eigenvalue weighted by atomic mass is 10.1. The first-order valence-corrected chi connectivity index (χ1v) is 5.82. The maximum Gasteiger partial charge on any atom is 0.251 e. The fourth-order valence-electron chi connectivity index (χ4n) is 1.40. The molecule has 17 heavy (non-hydrogen) atoms. The normalized spacial score (nSPS) is 10.6. The highest BCUT2D eigenvalue weighted by molar-refractivity contribution is 5.94. The predicted molar refractivity (Wildman–Crippen MR) is 67.8 cm³/mol. The number of carbonyl (C=O) groups is 1. The lowest BCUT2D eigenvalue weighted by Gasteiger charge is -2.09. The number of carbonyl (C=O) groups excluding carboxylic acids is 1. The highest BCUT2D eigenvalue weighted by Gasteiger charge is 2.05. The van der Waals surface area contributed by atoms with E-state index in [1.165, 1.54) is 0 Å². The summed E-state index contributed by atoms with van der Waals surface area (Å²) in [7, 11) is 0. The van der Waals surface area contributed by atoms with Crippen molar-refractivity contribution in [3.8, 4) is 0 Å². The Labute approximate surface area is 102 Å². The first-order chi connectivity index (χ1) is 8.13. The van der Waals surface area contributed by atoms with Crippen molar-refractivity contribution in [2.24, 2.45) is 5.73 Å². The maximum absolute atomic E-state index is 11.8. The predicted octanol–water partition coefficient (Wildman–Crippen LogP) is 1.30. The van der Waals surface area contributed by atoms with Crippen molar-refractivity contribution in [3.63, 3.8) is 0 Å². The summed E-state index contributed by atoms with van der Waals surface area (Å²) in [5.74, 6) is -0.0901. The Bertz CT molecular complexity index is 364. The molecule has 0 aromatic heterocycles. The van der Waals surface area contributed by atoms with Gasteiger partial charge < -0.3 is 15.8 Å². The van der Waals surface area contributed by atoms with Gasteiger partial charge >= 0.3 is 0 Å². The van der Waals surface area contributed by atoms with Gasteiger partial charge in [-0.2, -0.15) is 0 Å². The third kappa shape index (κ3) is 4.97. The fraction of sp³-hybridized carbons (Fsp3) is 0.462. The largest absolute Gasteiger partial charge is 0.377 e. The molecule has 4 nitrogen and oxygen atoms in total.